The molecule has 1 amide bonds. The van der Waals surface area contributed by atoms with Crippen molar-refractivity contribution in [3.8, 4) is 5.75 Å². The molecule has 0 spiro atoms. The summed E-state index contributed by atoms with van der Waals surface area (Å²) in [6.45, 7) is 7.50. The van der Waals surface area contributed by atoms with Crippen LogP contribution in [0, 0.1) is 0 Å². The number of nitrogens with zero attached hydrogens (tertiary/aromatic N) is 1. The molecule has 21 heavy (non-hydrogen) atoms. The summed E-state index contributed by atoms with van der Waals surface area (Å²) < 4.78 is 5.60. The number of benzene rings is 1. The monoisotopic (exact) mass is 311 g/mol. The highest BCUT2D eigenvalue weighted by atomic mass is 35.5. The predicted octanol–water partition coefficient (Wildman–Crippen LogP) is 4.35. The van der Waals surface area contributed by atoms with Gasteiger partial charge in [0.1, 0.15) is 5.75 Å². The molecule has 118 valence electrons. The molecule has 1 aromatic carbocycles. The molecule has 0 N–H and O–H groups in total. The number of carbonyl (C=O) groups excluding carboxylic acids is 1. The van der Waals surface area contributed by atoms with Crippen LogP contribution in [0.3, 0.4) is 0 Å². The molecule has 0 bridgehead atoms. The van der Waals surface area contributed by atoms with Crippen molar-refractivity contribution in [2.45, 2.75) is 46.1 Å². The average molecular weight is 312 g/mol. The van der Waals surface area contributed by atoms with Crippen molar-refractivity contribution in [3.63, 3.8) is 0 Å². The molecule has 0 saturated carbocycles. The van der Waals surface area contributed by atoms with Crippen LogP contribution < -0.4 is 4.74 Å². The SMILES string of the molecule is CCCOc1cccc(C(=O)N(CCCl)C(CC)CC)c1. The van der Waals surface area contributed by atoms with Crippen molar-refractivity contribution in [1.29, 1.82) is 0 Å². The lowest BCUT2D eigenvalue weighted by molar-refractivity contribution is 0.0681. The van der Waals surface area contributed by atoms with Gasteiger partial charge in [0, 0.05) is 24.0 Å². The lowest BCUT2D eigenvalue weighted by Gasteiger charge is -2.30. The van der Waals surface area contributed by atoms with Crippen LogP contribution in [-0.4, -0.2) is 35.9 Å². The van der Waals surface area contributed by atoms with Gasteiger partial charge in [0.15, 0.2) is 0 Å². The van der Waals surface area contributed by atoms with E-state index in [0.29, 0.717) is 24.6 Å². The van der Waals surface area contributed by atoms with Gasteiger partial charge in [-0.2, -0.15) is 0 Å². The quantitative estimate of drug-likeness (QED) is 0.635. The van der Waals surface area contributed by atoms with Crippen LogP contribution in [0.1, 0.15) is 50.4 Å². The molecular weight excluding hydrogens is 286 g/mol. The minimum absolute atomic E-state index is 0.0336. The van der Waals surface area contributed by atoms with E-state index in [4.69, 9.17) is 16.3 Å². The molecule has 3 nitrogen and oxygen atoms in total. The predicted molar refractivity (Wildman–Crippen MR) is 88.4 cm³/mol. The summed E-state index contributed by atoms with van der Waals surface area (Å²) >= 11 is 5.87. The zero-order valence-electron chi connectivity index (χ0n) is 13.3. The molecule has 0 aromatic heterocycles. The first-order chi connectivity index (χ1) is 10.2. The summed E-state index contributed by atoms with van der Waals surface area (Å²) in [7, 11) is 0. The van der Waals surface area contributed by atoms with E-state index in [1.54, 1.807) is 0 Å². The first-order valence-electron chi connectivity index (χ1n) is 7.77. The Labute approximate surface area is 133 Å². The topological polar surface area (TPSA) is 29.5 Å². The Balaban J connectivity index is 2.92. The maximum atomic E-state index is 12.7. The number of amides is 1. The van der Waals surface area contributed by atoms with Crippen molar-refractivity contribution in [2.75, 3.05) is 19.0 Å². The molecule has 0 atom stereocenters. The zero-order valence-corrected chi connectivity index (χ0v) is 14.0. The van der Waals surface area contributed by atoms with Gasteiger partial charge in [0.05, 0.1) is 6.61 Å². The van der Waals surface area contributed by atoms with Crippen LogP contribution in [0.5, 0.6) is 5.75 Å². The van der Waals surface area contributed by atoms with E-state index in [1.807, 2.05) is 29.2 Å². The molecular formula is C17H26ClNO2. The smallest absolute Gasteiger partial charge is 0.254 e. The van der Waals surface area contributed by atoms with Crippen LogP contribution in [-0.2, 0) is 0 Å². The van der Waals surface area contributed by atoms with Crippen LogP contribution in [0.15, 0.2) is 24.3 Å². The molecule has 0 saturated heterocycles. The van der Waals surface area contributed by atoms with Crippen LogP contribution in [0.4, 0.5) is 0 Å². The molecule has 0 aliphatic heterocycles. The van der Waals surface area contributed by atoms with E-state index < -0.39 is 0 Å². The van der Waals surface area contributed by atoms with Gasteiger partial charge in [-0.3, -0.25) is 4.79 Å². The number of rotatable bonds is 9. The first-order valence-corrected chi connectivity index (χ1v) is 8.31. The molecule has 4 heteroatoms. The molecule has 0 heterocycles. The molecule has 1 aromatic rings. The number of carbonyl (C=O) groups is 1. The minimum Gasteiger partial charge on any atom is -0.494 e. The van der Waals surface area contributed by atoms with E-state index in [0.717, 1.165) is 25.0 Å². The summed E-state index contributed by atoms with van der Waals surface area (Å²) in [6.07, 6.45) is 2.82. The first kappa shape index (κ1) is 17.8. The van der Waals surface area contributed by atoms with Crippen molar-refractivity contribution < 1.29 is 9.53 Å². The van der Waals surface area contributed by atoms with E-state index >= 15 is 0 Å². The summed E-state index contributed by atoms with van der Waals surface area (Å²) in [4.78, 5) is 14.6. The Morgan fingerprint density at radius 1 is 1.29 bits per heavy atom. The Kier molecular flexibility index (Phi) is 8.21. The lowest BCUT2D eigenvalue weighted by atomic mass is 10.1. The third kappa shape index (κ3) is 5.24. The van der Waals surface area contributed by atoms with Crippen LogP contribution in [0.25, 0.3) is 0 Å². The van der Waals surface area contributed by atoms with Crippen molar-refractivity contribution in [2.24, 2.45) is 0 Å². The highest BCUT2D eigenvalue weighted by molar-refractivity contribution is 6.18. The van der Waals surface area contributed by atoms with Gasteiger partial charge in [-0.15, -0.1) is 11.6 Å². The maximum Gasteiger partial charge on any atom is 0.254 e. The minimum atomic E-state index is 0.0336. The summed E-state index contributed by atoms with van der Waals surface area (Å²) in [5, 5.41) is 0. The van der Waals surface area contributed by atoms with Gasteiger partial charge in [-0.25, -0.2) is 0 Å². The van der Waals surface area contributed by atoms with Crippen LogP contribution in [0.2, 0.25) is 0 Å². The second-order valence-electron chi connectivity index (χ2n) is 5.03. The third-order valence-electron chi connectivity index (χ3n) is 3.52. The maximum absolute atomic E-state index is 12.7. The Morgan fingerprint density at radius 3 is 2.57 bits per heavy atom. The molecule has 1 rings (SSSR count). The fourth-order valence-corrected chi connectivity index (χ4v) is 2.56. The van der Waals surface area contributed by atoms with Crippen molar-refractivity contribution in [3.05, 3.63) is 29.8 Å². The highest BCUT2D eigenvalue weighted by Crippen LogP contribution is 2.18. The molecule has 0 fully saturated rings. The summed E-state index contributed by atoms with van der Waals surface area (Å²) in [5.74, 6) is 1.23. The largest absolute Gasteiger partial charge is 0.494 e. The van der Waals surface area contributed by atoms with Gasteiger partial charge in [-0.1, -0.05) is 26.8 Å². The zero-order chi connectivity index (χ0) is 15.7. The fourth-order valence-electron chi connectivity index (χ4n) is 2.38. The highest BCUT2D eigenvalue weighted by Gasteiger charge is 2.22. The second kappa shape index (κ2) is 9.67. The van der Waals surface area contributed by atoms with Crippen molar-refractivity contribution >= 4 is 17.5 Å². The summed E-state index contributed by atoms with van der Waals surface area (Å²) in [6, 6.07) is 7.64. The van der Waals surface area contributed by atoms with E-state index in [-0.39, 0.29) is 11.9 Å². The number of hydrogen-bond donors (Lipinski definition) is 0. The summed E-state index contributed by atoms with van der Waals surface area (Å²) in [5.41, 5.74) is 0.667. The molecule has 0 radical (unpaired) electrons. The standard InChI is InChI=1S/C17H26ClNO2/c1-4-12-21-16-9-7-8-14(13-16)17(20)19(11-10-18)15(5-2)6-3/h7-9,13,15H,4-6,10-12H2,1-3H3. The van der Waals surface area contributed by atoms with E-state index in [1.165, 1.54) is 0 Å². The number of ether oxygens (including phenoxy) is 1. The normalized spacial score (nSPS) is 10.7. The van der Waals surface area contributed by atoms with Gasteiger partial charge >= 0.3 is 0 Å². The molecule has 0 aliphatic rings. The second-order valence-corrected chi connectivity index (χ2v) is 5.41. The lowest BCUT2D eigenvalue weighted by Crippen LogP contribution is -2.41. The van der Waals surface area contributed by atoms with Gasteiger partial charge in [-0.05, 0) is 37.5 Å². The Bertz CT molecular complexity index is 433. The van der Waals surface area contributed by atoms with Crippen LogP contribution >= 0.6 is 11.6 Å². The Hall–Kier alpha value is -1.22. The van der Waals surface area contributed by atoms with Gasteiger partial charge in [0.2, 0.25) is 0 Å². The van der Waals surface area contributed by atoms with E-state index in [2.05, 4.69) is 20.8 Å². The van der Waals surface area contributed by atoms with Gasteiger partial charge < -0.3 is 9.64 Å². The molecule has 0 unspecified atom stereocenters. The third-order valence-corrected chi connectivity index (χ3v) is 3.69. The Morgan fingerprint density at radius 2 is 2.00 bits per heavy atom. The number of alkyl halides is 1. The number of halogens is 1. The molecule has 0 aliphatic carbocycles. The van der Waals surface area contributed by atoms with Gasteiger partial charge in [0.25, 0.3) is 5.91 Å². The number of hydrogen-bond acceptors (Lipinski definition) is 2. The fraction of sp³-hybridized carbons (Fsp3) is 0.588. The van der Waals surface area contributed by atoms with Crippen molar-refractivity contribution in [1.82, 2.24) is 4.90 Å². The van der Waals surface area contributed by atoms with E-state index in [9.17, 15) is 4.79 Å². The average Bonchev–Trinajstić information content (AvgIpc) is 2.52.